The van der Waals surface area contributed by atoms with Crippen LogP contribution >= 0.6 is 0 Å². The molecule has 3 rings (SSSR count). The number of amides is 3. The van der Waals surface area contributed by atoms with Gasteiger partial charge in [-0.25, -0.2) is 4.79 Å². The third-order valence-electron chi connectivity index (χ3n) is 6.03. The van der Waals surface area contributed by atoms with Crippen LogP contribution in [0.25, 0.3) is 0 Å². The number of benzene rings is 1. The molecule has 2 saturated heterocycles. The minimum absolute atomic E-state index is 0.151. The summed E-state index contributed by atoms with van der Waals surface area (Å²) in [7, 11) is 2.87. The summed E-state index contributed by atoms with van der Waals surface area (Å²) < 4.78 is 36.7. The van der Waals surface area contributed by atoms with Gasteiger partial charge in [0.2, 0.25) is 17.7 Å². The van der Waals surface area contributed by atoms with Crippen molar-refractivity contribution >= 4 is 29.7 Å². The molecule has 4 atom stereocenters. The Bertz CT molecular complexity index is 1000. The van der Waals surface area contributed by atoms with E-state index in [0.717, 1.165) is 5.56 Å². The number of esters is 1. The highest BCUT2D eigenvalue weighted by molar-refractivity contribution is 6.09. The Morgan fingerprint density at radius 2 is 1.71 bits per heavy atom. The van der Waals surface area contributed by atoms with Crippen LogP contribution in [0.2, 0.25) is 0 Å². The Kier molecular flexibility index (Phi) is 8.27. The fraction of sp³-hybridized carbons (Fsp3) is 0.500. The van der Waals surface area contributed by atoms with Gasteiger partial charge in [-0.15, -0.1) is 0 Å². The summed E-state index contributed by atoms with van der Waals surface area (Å²) in [6.45, 7) is 3.37. The quantitative estimate of drug-likeness (QED) is 0.447. The van der Waals surface area contributed by atoms with Gasteiger partial charge < -0.3 is 14.7 Å². The Hall–Kier alpha value is -3.48. The number of likely N-dealkylation sites (tertiary alicyclic amines) is 1. The van der Waals surface area contributed by atoms with Gasteiger partial charge in [0.1, 0.15) is 5.54 Å². The van der Waals surface area contributed by atoms with Crippen LogP contribution in [0.3, 0.4) is 0 Å². The molecule has 0 spiro atoms. The van der Waals surface area contributed by atoms with Gasteiger partial charge in [0, 0.05) is 26.6 Å². The van der Waals surface area contributed by atoms with Crippen molar-refractivity contribution in [3.05, 3.63) is 35.9 Å². The molecular formula is C22H26F3N3O7. The highest BCUT2D eigenvalue weighted by atomic mass is 19.4. The molecule has 0 radical (unpaired) electrons. The van der Waals surface area contributed by atoms with Gasteiger partial charge in [-0.1, -0.05) is 30.3 Å². The average Bonchev–Trinajstić information content (AvgIpc) is 3.22. The number of carbonyl (C=O) groups excluding carboxylic acids is 4. The van der Waals surface area contributed by atoms with E-state index in [-0.39, 0.29) is 24.9 Å². The monoisotopic (exact) mass is 501 g/mol. The molecule has 0 bridgehead atoms. The average molecular weight is 501 g/mol. The van der Waals surface area contributed by atoms with Crippen molar-refractivity contribution in [2.24, 2.45) is 11.8 Å². The molecule has 3 amide bonds. The Morgan fingerprint density at radius 1 is 1.17 bits per heavy atom. The first-order valence-corrected chi connectivity index (χ1v) is 10.4. The van der Waals surface area contributed by atoms with E-state index in [1.54, 1.807) is 14.0 Å². The number of hydrogen-bond acceptors (Lipinski definition) is 7. The number of nitrogens with one attached hydrogen (secondary N) is 1. The standard InChI is InChI=1S/C20H25N3O5.C2HF3O2/c1-12(24)22(3)11-14-15-16(20(2,21-14)19(27)28-4)18(26)23(17(15)25)10-13-8-6-5-7-9-13;3-2(4,5)1(6)7/h5-9,14-16,21H,10-11H2,1-4H3;(H,6,7)/t14-,15+,16-,20-;/m1./s1. The highest BCUT2D eigenvalue weighted by Gasteiger charge is 2.66. The van der Waals surface area contributed by atoms with Crippen molar-refractivity contribution in [1.82, 2.24) is 15.1 Å². The number of aliphatic carboxylic acids is 1. The Morgan fingerprint density at radius 3 is 2.17 bits per heavy atom. The van der Waals surface area contributed by atoms with E-state index in [9.17, 15) is 32.3 Å². The van der Waals surface area contributed by atoms with Crippen molar-refractivity contribution in [3.8, 4) is 0 Å². The number of halogens is 3. The summed E-state index contributed by atoms with van der Waals surface area (Å²) in [5.41, 5.74) is -0.505. The van der Waals surface area contributed by atoms with Crippen molar-refractivity contribution < 1.29 is 47.0 Å². The van der Waals surface area contributed by atoms with Crippen molar-refractivity contribution in [1.29, 1.82) is 0 Å². The molecule has 0 aromatic heterocycles. The van der Waals surface area contributed by atoms with Crippen LogP contribution in [0, 0.1) is 11.8 Å². The van der Waals surface area contributed by atoms with Crippen LogP contribution in [0.15, 0.2) is 30.3 Å². The van der Waals surface area contributed by atoms with E-state index in [1.807, 2.05) is 30.3 Å². The highest BCUT2D eigenvalue weighted by Crippen LogP contribution is 2.44. The Balaban J connectivity index is 0.000000540. The minimum Gasteiger partial charge on any atom is -0.475 e. The number of rotatable bonds is 5. The van der Waals surface area contributed by atoms with Gasteiger partial charge in [-0.2, -0.15) is 13.2 Å². The summed E-state index contributed by atoms with van der Waals surface area (Å²) in [4.78, 5) is 62.1. The third kappa shape index (κ3) is 5.78. The number of ether oxygens (including phenoxy) is 1. The number of fused-ring (bicyclic) bond motifs is 1. The second-order valence-electron chi connectivity index (χ2n) is 8.40. The van der Waals surface area contributed by atoms with E-state index in [1.165, 1.54) is 23.8 Å². The van der Waals surface area contributed by atoms with Crippen LogP contribution in [-0.2, 0) is 35.3 Å². The molecule has 2 aliphatic rings. The minimum atomic E-state index is -5.08. The predicted octanol–water partition coefficient (Wildman–Crippen LogP) is 0.803. The number of hydrogen-bond donors (Lipinski definition) is 2. The number of likely N-dealkylation sites (N-methyl/N-ethyl adjacent to an activating group) is 1. The van der Waals surface area contributed by atoms with E-state index in [4.69, 9.17) is 14.6 Å². The summed E-state index contributed by atoms with van der Waals surface area (Å²) in [5, 5.41) is 10.2. The molecular weight excluding hydrogens is 475 g/mol. The fourth-order valence-electron chi connectivity index (χ4n) is 4.23. The van der Waals surface area contributed by atoms with Gasteiger partial charge in [-0.3, -0.25) is 29.4 Å². The number of carboxylic acid groups (broad SMARTS) is 1. The zero-order valence-electron chi connectivity index (χ0n) is 19.5. The lowest BCUT2D eigenvalue weighted by molar-refractivity contribution is -0.192. The Labute approximate surface area is 199 Å². The maximum Gasteiger partial charge on any atom is 0.490 e. The van der Waals surface area contributed by atoms with E-state index < -0.39 is 47.4 Å². The first-order valence-electron chi connectivity index (χ1n) is 10.4. The second kappa shape index (κ2) is 10.4. The van der Waals surface area contributed by atoms with Gasteiger partial charge in [0.15, 0.2) is 0 Å². The van der Waals surface area contributed by atoms with E-state index >= 15 is 0 Å². The summed E-state index contributed by atoms with van der Waals surface area (Å²) >= 11 is 0. The molecule has 0 aliphatic carbocycles. The third-order valence-corrected chi connectivity index (χ3v) is 6.03. The molecule has 10 nitrogen and oxygen atoms in total. The largest absolute Gasteiger partial charge is 0.490 e. The zero-order chi connectivity index (χ0) is 26.7. The number of carbonyl (C=O) groups is 5. The second-order valence-corrected chi connectivity index (χ2v) is 8.40. The normalized spacial score (nSPS) is 25.5. The first kappa shape index (κ1) is 27.8. The topological polar surface area (TPSA) is 133 Å². The van der Waals surface area contributed by atoms with Crippen molar-refractivity contribution in [3.63, 3.8) is 0 Å². The first-order chi connectivity index (χ1) is 16.1. The molecule has 1 aromatic rings. The molecule has 0 saturated carbocycles. The lowest BCUT2D eigenvalue weighted by atomic mass is 9.81. The fourth-order valence-corrected chi connectivity index (χ4v) is 4.23. The van der Waals surface area contributed by atoms with Gasteiger partial charge >= 0.3 is 18.1 Å². The van der Waals surface area contributed by atoms with E-state index in [0.29, 0.717) is 0 Å². The van der Waals surface area contributed by atoms with Crippen molar-refractivity contribution in [2.75, 3.05) is 20.7 Å². The molecule has 13 heteroatoms. The maximum atomic E-state index is 13.2. The SMILES string of the molecule is COC(=O)[C@]1(C)N[C@H](CN(C)C(C)=O)[C@@H]2C(=O)N(Cc3ccccc3)C(=O)[C@@H]21.O=C(O)C(F)(F)F. The lowest BCUT2D eigenvalue weighted by Gasteiger charge is -2.29. The van der Waals surface area contributed by atoms with Crippen LogP contribution in [0.4, 0.5) is 13.2 Å². The van der Waals surface area contributed by atoms with Crippen LogP contribution in [0.1, 0.15) is 19.4 Å². The lowest BCUT2D eigenvalue weighted by Crippen LogP contribution is -2.56. The zero-order valence-corrected chi connectivity index (χ0v) is 19.5. The van der Waals surface area contributed by atoms with Crippen LogP contribution in [0.5, 0.6) is 0 Å². The number of alkyl halides is 3. The summed E-state index contributed by atoms with van der Waals surface area (Å²) in [6, 6.07) is 8.69. The molecule has 1 aromatic carbocycles. The molecule has 2 N–H and O–H groups in total. The maximum absolute atomic E-state index is 13.2. The van der Waals surface area contributed by atoms with Crippen LogP contribution in [-0.4, -0.2) is 83.0 Å². The van der Waals surface area contributed by atoms with Gasteiger partial charge in [0.25, 0.3) is 0 Å². The van der Waals surface area contributed by atoms with Crippen LogP contribution < -0.4 is 5.32 Å². The molecule has 2 aliphatic heterocycles. The number of imide groups is 1. The number of methoxy groups -OCH3 is 1. The number of carboxylic acids is 1. The molecule has 2 fully saturated rings. The van der Waals surface area contributed by atoms with E-state index in [2.05, 4.69) is 5.32 Å². The summed E-state index contributed by atoms with van der Waals surface area (Å²) in [5.74, 6) is -5.86. The van der Waals surface area contributed by atoms with Gasteiger partial charge in [0.05, 0.1) is 25.5 Å². The molecule has 2 heterocycles. The molecule has 192 valence electrons. The van der Waals surface area contributed by atoms with Crippen molar-refractivity contribution in [2.45, 2.75) is 38.1 Å². The predicted molar refractivity (Wildman–Crippen MR) is 113 cm³/mol. The smallest absolute Gasteiger partial charge is 0.475 e. The number of nitrogens with zero attached hydrogens (tertiary/aromatic N) is 2. The summed E-state index contributed by atoms with van der Waals surface area (Å²) in [6.07, 6.45) is -5.08. The molecule has 35 heavy (non-hydrogen) atoms. The molecule has 0 unspecified atom stereocenters. The van der Waals surface area contributed by atoms with Gasteiger partial charge in [-0.05, 0) is 12.5 Å².